The maximum Gasteiger partial charge on any atom is 0.302 e. The molecule has 0 aliphatic carbocycles. The van der Waals surface area contributed by atoms with Gasteiger partial charge in [-0.3, -0.25) is 4.79 Å². The first-order chi connectivity index (χ1) is 10.3. The highest BCUT2D eigenvalue weighted by Gasteiger charge is 2.43. The second-order valence-corrected chi connectivity index (χ2v) is 7.09. The maximum atomic E-state index is 11.2. The standard InChI is InChI=1S/C17H26NO4/c1-14(19)20-11-17(10-18(2,3)4)12-21-16(22-13-17)15-8-6-5-7-9-15/h5-9,16H,10-13H2,1-4H3/q+1. The molecule has 1 saturated heterocycles. The Hall–Kier alpha value is -1.43. The van der Waals surface area contributed by atoms with Crippen molar-refractivity contribution in [1.82, 2.24) is 0 Å². The molecule has 2 rings (SSSR count). The van der Waals surface area contributed by atoms with Crippen LogP contribution in [0.15, 0.2) is 30.3 Å². The Bertz CT molecular complexity index is 487. The summed E-state index contributed by atoms with van der Waals surface area (Å²) in [5, 5.41) is 0. The lowest BCUT2D eigenvalue weighted by Crippen LogP contribution is -2.54. The smallest absolute Gasteiger partial charge is 0.302 e. The minimum absolute atomic E-state index is 0.272. The van der Waals surface area contributed by atoms with Crippen molar-refractivity contribution in [3.8, 4) is 0 Å². The SMILES string of the molecule is CC(=O)OCC1(C[N+](C)(C)C)COC(c2ccccc2)OC1. The van der Waals surface area contributed by atoms with Crippen LogP contribution in [0.5, 0.6) is 0 Å². The van der Waals surface area contributed by atoms with Crippen LogP contribution in [0.25, 0.3) is 0 Å². The van der Waals surface area contributed by atoms with Crippen LogP contribution < -0.4 is 0 Å². The van der Waals surface area contributed by atoms with Crippen molar-refractivity contribution in [3.63, 3.8) is 0 Å². The molecule has 1 aromatic rings. The molecule has 1 aliphatic rings. The van der Waals surface area contributed by atoms with Gasteiger partial charge in [-0.05, 0) is 0 Å². The molecule has 22 heavy (non-hydrogen) atoms. The number of nitrogens with zero attached hydrogens (tertiary/aromatic N) is 1. The number of ether oxygens (including phenoxy) is 3. The zero-order valence-electron chi connectivity index (χ0n) is 13.9. The summed E-state index contributed by atoms with van der Waals surface area (Å²) in [5.41, 5.74) is 0.698. The van der Waals surface area contributed by atoms with E-state index in [-0.39, 0.29) is 17.7 Å². The van der Waals surface area contributed by atoms with E-state index in [9.17, 15) is 4.79 Å². The number of hydrogen-bond acceptors (Lipinski definition) is 4. The van der Waals surface area contributed by atoms with Gasteiger partial charge >= 0.3 is 5.97 Å². The fourth-order valence-electron chi connectivity index (χ4n) is 2.88. The van der Waals surface area contributed by atoms with Crippen LogP contribution in [-0.4, -0.2) is 58.0 Å². The Labute approximate surface area is 132 Å². The summed E-state index contributed by atoms with van der Waals surface area (Å²) in [6.45, 7) is 3.57. The Morgan fingerprint density at radius 2 is 1.82 bits per heavy atom. The molecule has 0 N–H and O–H groups in total. The highest BCUT2D eigenvalue weighted by molar-refractivity contribution is 5.65. The van der Waals surface area contributed by atoms with E-state index >= 15 is 0 Å². The highest BCUT2D eigenvalue weighted by Crippen LogP contribution is 2.33. The van der Waals surface area contributed by atoms with Gasteiger partial charge in [-0.15, -0.1) is 0 Å². The molecule has 0 saturated carbocycles. The number of quaternary nitrogens is 1. The van der Waals surface area contributed by atoms with E-state index in [0.29, 0.717) is 19.8 Å². The zero-order chi connectivity index (χ0) is 16.2. The van der Waals surface area contributed by atoms with Crippen LogP contribution in [0.1, 0.15) is 18.8 Å². The van der Waals surface area contributed by atoms with Crippen molar-refractivity contribution in [2.24, 2.45) is 5.41 Å². The molecular formula is C17H26NO4+. The van der Waals surface area contributed by atoms with Gasteiger partial charge in [-0.25, -0.2) is 0 Å². The largest absolute Gasteiger partial charge is 0.465 e. The quantitative estimate of drug-likeness (QED) is 0.616. The van der Waals surface area contributed by atoms with E-state index < -0.39 is 0 Å². The first-order valence-electron chi connectivity index (χ1n) is 7.52. The summed E-state index contributed by atoms with van der Waals surface area (Å²) >= 11 is 0. The molecule has 0 amide bonds. The van der Waals surface area contributed by atoms with Crippen LogP contribution in [0.4, 0.5) is 0 Å². The fraction of sp³-hybridized carbons (Fsp3) is 0.588. The molecule has 1 aromatic carbocycles. The Morgan fingerprint density at radius 3 is 2.32 bits per heavy atom. The first kappa shape index (κ1) is 16.9. The number of benzene rings is 1. The minimum Gasteiger partial charge on any atom is -0.465 e. The van der Waals surface area contributed by atoms with Gasteiger partial charge < -0.3 is 18.7 Å². The zero-order valence-corrected chi connectivity index (χ0v) is 13.9. The number of rotatable bonds is 5. The molecule has 5 heteroatoms. The topological polar surface area (TPSA) is 44.8 Å². The number of carbonyl (C=O) groups is 1. The van der Waals surface area contributed by atoms with E-state index in [0.717, 1.165) is 16.6 Å². The summed E-state index contributed by atoms with van der Waals surface area (Å²) in [6, 6.07) is 9.88. The molecule has 1 heterocycles. The second-order valence-electron chi connectivity index (χ2n) is 7.09. The lowest BCUT2D eigenvalue weighted by Gasteiger charge is -2.42. The predicted molar refractivity (Wildman–Crippen MR) is 83.1 cm³/mol. The van der Waals surface area contributed by atoms with Gasteiger partial charge in [-0.1, -0.05) is 30.3 Å². The Morgan fingerprint density at radius 1 is 1.23 bits per heavy atom. The summed E-state index contributed by atoms with van der Waals surface area (Å²) in [4.78, 5) is 11.2. The third-order valence-electron chi connectivity index (χ3n) is 3.54. The lowest BCUT2D eigenvalue weighted by molar-refractivity contribution is -0.878. The van der Waals surface area contributed by atoms with Crippen LogP contribution in [0, 0.1) is 5.41 Å². The Kier molecular flexibility index (Phi) is 5.21. The minimum atomic E-state index is -0.348. The highest BCUT2D eigenvalue weighted by atomic mass is 16.7. The summed E-state index contributed by atoms with van der Waals surface area (Å²) in [6.07, 6.45) is -0.348. The van der Waals surface area contributed by atoms with Gasteiger partial charge in [0, 0.05) is 12.5 Å². The van der Waals surface area contributed by atoms with Gasteiger partial charge in [0.1, 0.15) is 12.0 Å². The number of carbonyl (C=O) groups excluding carboxylic acids is 1. The van der Waals surface area contributed by atoms with Crippen LogP contribution in [0.3, 0.4) is 0 Å². The van der Waals surface area contributed by atoms with Crippen LogP contribution in [0.2, 0.25) is 0 Å². The summed E-state index contributed by atoms with van der Waals surface area (Å²) in [5.74, 6) is -0.272. The second kappa shape index (κ2) is 6.77. The number of esters is 1. The number of hydrogen-bond donors (Lipinski definition) is 0. The molecule has 0 bridgehead atoms. The molecule has 1 aliphatic heterocycles. The van der Waals surface area contributed by atoms with Crippen molar-refractivity contribution in [3.05, 3.63) is 35.9 Å². The first-order valence-corrected chi connectivity index (χ1v) is 7.52. The maximum absolute atomic E-state index is 11.2. The van der Waals surface area contributed by atoms with Crippen molar-refractivity contribution in [2.45, 2.75) is 13.2 Å². The van der Waals surface area contributed by atoms with Crippen molar-refractivity contribution >= 4 is 5.97 Å². The van der Waals surface area contributed by atoms with E-state index in [4.69, 9.17) is 14.2 Å². The van der Waals surface area contributed by atoms with Gasteiger partial charge in [0.15, 0.2) is 6.29 Å². The van der Waals surface area contributed by atoms with Crippen molar-refractivity contribution in [2.75, 3.05) is 47.5 Å². The average Bonchev–Trinajstić information content (AvgIpc) is 2.45. The van der Waals surface area contributed by atoms with Gasteiger partial charge in [0.05, 0.1) is 40.9 Å². The van der Waals surface area contributed by atoms with Crippen LogP contribution in [-0.2, 0) is 19.0 Å². The molecule has 0 radical (unpaired) electrons. The van der Waals surface area contributed by atoms with Gasteiger partial charge in [0.2, 0.25) is 0 Å². The van der Waals surface area contributed by atoms with E-state index in [1.807, 2.05) is 30.3 Å². The molecule has 1 fully saturated rings. The van der Waals surface area contributed by atoms with E-state index in [2.05, 4.69) is 21.1 Å². The molecule has 0 unspecified atom stereocenters. The van der Waals surface area contributed by atoms with Gasteiger partial charge in [0.25, 0.3) is 0 Å². The fourth-order valence-corrected chi connectivity index (χ4v) is 2.88. The molecule has 122 valence electrons. The van der Waals surface area contributed by atoms with Crippen LogP contribution >= 0.6 is 0 Å². The van der Waals surface area contributed by atoms with E-state index in [1.54, 1.807) is 0 Å². The molecular weight excluding hydrogens is 282 g/mol. The average molecular weight is 308 g/mol. The summed E-state index contributed by atoms with van der Waals surface area (Å²) < 4.78 is 17.9. The molecule has 0 atom stereocenters. The van der Waals surface area contributed by atoms with Gasteiger partial charge in [-0.2, -0.15) is 0 Å². The summed E-state index contributed by atoms with van der Waals surface area (Å²) in [7, 11) is 6.33. The molecule has 0 spiro atoms. The van der Waals surface area contributed by atoms with Crippen molar-refractivity contribution < 1.29 is 23.5 Å². The molecule has 5 nitrogen and oxygen atoms in total. The molecule has 0 aromatic heterocycles. The van der Waals surface area contributed by atoms with Crippen molar-refractivity contribution in [1.29, 1.82) is 0 Å². The lowest BCUT2D eigenvalue weighted by atomic mass is 9.88. The third kappa shape index (κ3) is 4.80. The third-order valence-corrected chi connectivity index (χ3v) is 3.54. The monoisotopic (exact) mass is 308 g/mol. The van der Waals surface area contributed by atoms with E-state index in [1.165, 1.54) is 6.92 Å². The normalized spacial score (nSPS) is 25.7. The Balaban J connectivity index is 2.05. The predicted octanol–water partition coefficient (Wildman–Crippen LogP) is 1.99.